The summed E-state index contributed by atoms with van der Waals surface area (Å²) in [5, 5.41) is 12.6. The van der Waals surface area contributed by atoms with Crippen LogP contribution in [0.25, 0.3) is 0 Å². The Kier molecular flexibility index (Phi) is 10.3. The summed E-state index contributed by atoms with van der Waals surface area (Å²) in [6, 6.07) is 29.8. The summed E-state index contributed by atoms with van der Waals surface area (Å²) in [5.74, 6) is -1.76. The Balaban J connectivity index is 1.27. The average molecular weight is 634 g/mol. The van der Waals surface area contributed by atoms with Crippen molar-refractivity contribution in [2.45, 2.75) is 32.0 Å². The van der Waals surface area contributed by atoms with Crippen LogP contribution in [0.4, 0.5) is 16.2 Å². The number of ether oxygens (including phenoxy) is 1. The quantitative estimate of drug-likeness (QED) is 0.166. The van der Waals surface area contributed by atoms with E-state index in [1.807, 2.05) is 60.7 Å². The molecule has 47 heavy (non-hydrogen) atoms. The maximum atomic E-state index is 13.5. The minimum atomic E-state index is -1.10. The molecule has 0 saturated heterocycles. The van der Waals surface area contributed by atoms with E-state index >= 15 is 0 Å². The second kappa shape index (κ2) is 14.9. The first-order chi connectivity index (χ1) is 22.7. The highest BCUT2D eigenvalue weighted by Crippen LogP contribution is 2.27. The Morgan fingerprint density at radius 1 is 0.936 bits per heavy atom. The largest absolute Gasteiger partial charge is 0.481 e. The van der Waals surface area contributed by atoms with Crippen LogP contribution in [0, 0.1) is 0 Å². The number of hydrogen-bond donors (Lipinski definition) is 3. The topological polar surface area (TPSA) is 155 Å². The number of carbonyl (C=O) groups excluding carboxylic acids is 3. The van der Waals surface area contributed by atoms with Gasteiger partial charge in [-0.25, -0.2) is 4.79 Å². The van der Waals surface area contributed by atoms with Crippen molar-refractivity contribution >= 4 is 41.1 Å². The number of hydrogen-bond acceptors (Lipinski definition) is 6. The molecule has 0 radical (unpaired) electrons. The van der Waals surface area contributed by atoms with E-state index in [1.54, 1.807) is 54.4 Å². The highest BCUT2D eigenvalue weighted by molar-refractivity contribution is 6.07. The number of carboxylic acids is 1. The van der Waals surface area contributed by atoms with Crippen molar-refractivity contribution in [2.24, 2.45) is 10.7 Å². The molecular formula is C36H35N5O6. The van der Waals surface area contributed by atoms with Gasteiger partial charge in [0.05, 0.1) is 6.42 Å². The zero-order valence-corrected chi connectivity index (χ0v) is 25.8. The van der Waals surface area contributed by atoms with E-state index in [9.17, 15) is 24.3 Å². The number of nitrogens with two attached hydrogens (primary N) is 1. The maximum Gasteiger partial charge on any atom is 0.435 e. The molecule has 0 aromatic heterocycles. The van der Waals surface area contributed by atoms with E-state index in [1.165, 1.54) is 4.90 Å². The summed E-state index contributed by atoms with van der Waals surface area (Å²) in [4.78, 5) is 57.6. The van der Waals surface area contributed by atoms with Crippen molar-refractivity contribution in [3.8, 4) is 0 Å². The normalized spacial score (nSPS) is 14.4. The van der Waals surface area contributed by atoms with Crippen molar-refractivity contribution in [2.75, 3.05) is 23.8 Å². The zero-order chi connectivity index (χ0) is 33.3. The summed E-state index contributed by atoms with van der Waals surface area (Å²) in [7, 11) is 1.62. The van der Waals surface area contributed by atoms with Gasteiger partial charge in [0, 0.05) is 42.6 Å². The molecule has 1 atom stereocenters. The molecule has 11 nitrogen and oxygen atoms in total. The molecule has 0 spiro atoms. The van der Waals surface area contributed by atoms with Gasteiger partial charge in [-0.05, 0) is 59.5 Å². The lowest BCUT2D eigenvalue weighted by Crippen LogP contribution is -2.42. The first-order valence-corrected chi connectivity index (χ1v) is 15.0. The Bertz CT molecular complexity index is 1780. The van der Waals surface area contributed by atoms with Crippen molar-refractivity contribution in [3.63, 3.8) is 0 Å². The Morgan fingerprint density at radius 3 is 2.23 bits per heavy atom. The van der Waals surface area contributed by atoms with Crippen LogP contribution in [0.5, 0.6) is 0 Å². The first-order valence-electron chi connectivity index (χ1n) is 15.0. The molecule has 1 aliphatic rings. The lowest BCUT2D eigenvalue weighted by Gasteiger charge is -2.24. The van der Waals surface area contributed by atoms with Crippen molar-refractivity contribution in [3.05, 3.63) is 131 Å². The maximum absolute atomic E-state index is 13.5. The molecule has 240 valence electrons. The highest BCUT2D eigenvalue weighted by Gasteiger charge is 2.31. The number of benzene rings is 4. The number of nitrogens with zero attached hydrogens (tertiary/aromatic N) is 3. The van der Waals surface area contributed by atoms with Crippen molar-refractivity contribution in [1.29, 1.82) is 0 Å². The number of carboxylic acid groups (broad SMARTS) is 1. The molecule has 4 aromatic rings. The highest BCUT2D eigenvalue weighted by atomic mass is 16.5. The molecule has 0 aliphatic carbocycles. The number of amidine groups is 1. The molecule has 0 fully saturated rings. The van der Waals surface area contributed by atoms with Crippen LogP contribution in [-0.4, -0.2) is 59.4 Å². The van der Waals surface area contributed by atoms with Gasteiger partial charge in [0.2, 0.25) is 5.91 Å². The van der Waals surface area contributed by atoms with Gasteiger partial charge >= 0.3 is 12.1 Å². The third-order valence-corrected chi connectivity index (χ3v) is 7.82. The van der Waals surface area contributed by atoms with Gasteiger partial charge in [-0.15, -0.1) is 0 Å². The van der Waals surface area contributed by atoms with Crippen LogP contribution >= 0.6 is 0 Å². The molecule has 4 N–H and O–H groups in total. The second-order valence-corrected chi connectivity index (χ2v) is 11.1. The fourth-order valence-electron chi connectivity index (χ4n) is 5.23. The number of amides is 3. The number of carbonyl (C=O) groups is 4. The predicted octanol–water partition coefficient (Wildman–Crippen LogP) is 4.85. The van der Waals surface area contributed by atoms with Gasteiger partial charge in [-0.1, -0.05) is 66.7 Å². The minimum absolute atomic E-state index is 0.0244. The van der Waals surface area contributed by atoms with Crippen LogP contribution in [0.15, 0.2) is 108 Å². The van der Waals surface area contributed by atoms with Crippen molar-refractivity contribution in [1.82, 2.24) is 4.90 Å². The van der Waals surface area contributed by atoms with E-state index in [-0.39, 0.29) is 30.8 Å². The van der Waals surface area contributed by atoms with E-state index in [0.29, 0.717) is 35.5 Å². The van der Waals surface area contributed by atoms with E-state index in [2.05, 4.69) is 10.3 Å². The third-order valence-electron chi connectivity index (χ3n) is 7.82. The fraction of sp³-hybridized carbons (Fsp3) is 0.194. The second-order valence-electron chi connectivity index (χ2n) is 11.1. The van der Waals surface area contributed by atoms with Crippen LogP contribution in [0.1, 0.15) is 39.0 Å². The van der Waals surface area contributed by atoms with E-state index in [4.69, 9.17) is 10.5 Å². The number of aliphatic imine (C=N–C) groups is 1. The Labute approximate surface area is 272 Å². The van der Waals surface area contributed by atoms with Gasteiger partial charge in [0.1, 0.15) is 18.5 Å². The molecule has 1 aliphatic heterocycles. The Hall–Kier alpha value is -5.97. The van der Waals surface area contributed by atoms with E-state index in [0.717, 1.165) is 16.7 Å². The first kappa shape index (κ1) is 32.4. The zero-order valence-electron chi connectivity index (χ0n) is 25.8. The molecule has 5 rings (SSSR count). The van der Waals surface area contributed by atoms with Gasteiger partial charge in [0.25, 0.3) is 5.91 Å². The van der Waals surface area contributed by atoms with E-state index < -0.39 is 24.5 Å². The van der Waals surface area contributed by atoms with Gasteiger partial charge in [-0.3, -0.25) is 14.4 Å². The van der Waals surface area contributed by atoms with Crippen molar-refractivity contribution < 1.29 is 29.0 Å². The summed E-state index contributed by atoms with van der Waals surface area (Å²) in [6.45, 7) is 0.770. The smallest absolute Gasteiger partial charge is 0.435 e. The predicted molar refractivity (Wildman–Crippen MR) is 178 cm³/mol. The van der Waals surface area contributed by atoms with Crippen LogP contribution in [0.3, 0.4) is 0 Å². The SMILES string of the molecule is CN(C(=O)c1ccc2c(c1)N[C@@H](CC(=O)O)C(=O)N(CCc1ccccc1)C2)c1ccc(C(N)=NC(=O)OCc2ccccc2)cc1. The minimum Gasteiger partial charge on any atom is -0.481 e. The summed E-state index contributed by atoms with van der Waals surface area (Å²) in [5.41, 5.74) is 10.6. The van der Waals surface area contributed by atoms with Gasteiger partial charge in [-0.2, -0.15) is 4.99 Å². The van der Waals surface area contributed by atoms with Gasteiger partial charge in [0.15, 0.2) is 0 Å². The average Bonchev–Trinajstić information content (AvgIpc) is 3.21. The molecule has 4 aromatic carbocycles. The monoisotopic (exact) mass is 633 g/mol. The standard InChI is InChI=1S/C36H35N5O6/c1-40(29-16-14-26(15-17-29)33(37)39-36(46)47-23-25-10-6-3-7-11-25)34(44)27-12-13-28-22-41(19-18-24-8-4-2-5-9-24)35(45)31(21-32(42)43)38-30(28)20-27/h2-17,20,31,38H,18-19,21-23H2,1H3,(H,42,43)(H2,37,39,46)/t31-/m0/s1. The number of nitrogens with one attached hydrogen (secondary N) is 1. The number of aliphatic carboxylic acids is 1. The molecule has 0 unspecified atom stereocenters. The third kappa shape index (κ3) is 8.40. The molecule has 0 saturated carbocycles. The molecule has 0 bridgehead atoms. The lowest BCUT2D eigenvalue weighted by molar-refractivity contribution is -0.141. The lowest BCUT2D eigenvalue weighted by atomic mass is 10.1. The van der Waals surface area contributed by atoms with Gasteiger partial charge < -0.3 is 30.7 Å². The fourth-order valence-corrected chi connectivity index (χ4v) is 5.23. The molecule has 11 heteroatoms. The molecule has 1 heterocycles. The molecule has 3 amide bonds. The number of fused-ring (bicyclic) bond motifs is 1. The summed E-state index contributed by atoms with van der Waals surface area (Å²) >= 11 is 0. The number of rotatable bonds is 10. The summed E-state index contributed by atoms with van der Waals surface area (Å²) < 4.78 is 5.16. The Morgan fingerprint density at radius 2 is 1.57 bits per heavy atom. The summed E-state index contributed by atoms with van der Waals surface area (Å²) in [6.07, 6.45) is -0.592. The molecular weight excluding hydrogens is 598 g/mol. The van der Waals surface area contributed by atoms with Crippen LogP contribution in [-0.2, 0) is 33.9 Å². The number of anilines is 2. The van der Waals surface area contributed by atoms with Crippen LogP contribution in [0.2, 0.25) is 0 Å². The van der Waals surface area contributed by atoms with Crippen LogP contribution < -0.4 is 16.0 Å².